The number of hydrogen-bond donors (Lipinski definition) is 1. The van der Waals surface area contributed by atoms with Crippen LogP contribution in [0.15, 0.2) is 65.9 Å². The number of carbonyl (C=O) groups is 2. The lowest BCUT2D eigenvalue weighted by atomic mass is 9.94. The van der Waals surface area contributed by atoms with Gasteiger partial charge < -0.3 is 14.7 Å². The summed E-state index contributed by atoms with van der Waals surface area (Å²) in [4.78, 5) is 33.4. The van der Waals surface area contributed by atoms with Gasteiger partial charge in [0.05, 0.1) is 34.9 Å². The van der Waals surface area contributed by atoms with Crippen molar-refractivity contribution < 1.29 is 19.4 Å². The van der Waals surface area contributed by atoms with Crippen LogP contribution >= 0.6 is 11.3 Å². The number of Topliss-reactive ketones (excluding diaryl/α,β-unsaturated/α-hetero) is 1. The predicted octanol–water partition coefficient (Wildman–Crippen LogP) is 5.43. The zero-order valence-corrected chi connectivity index (χ0v) is 20.6. The van der Waals surface area contributed by atoms with Crippen molar-refractivity contribution in [3.8, 4) is 10.6 Å². The first-order valence-electron chi connectivity index (χ1n) is 11.3. The van der Waals surface area contributed by atoms with Gasteiger partial charge in [-0.1, -0.05) is 60.2 Å². The Kier molecular flexibility index (Phi) is 6.95. The molecule has 1 unspecified atom stereocenters. The number of hydrogen-bond acceptors (Lipinski definition) is 6. The van der Waals surface area contributed by atoms with Crippen molar-refractivity contribution >= 4 is 23.0 Å². The van der Waals surface area contributed by atoms with E-state index in [0.29, 0.717) is 17.2 Å². The van der Waals surface area contributed by atoms with E-state index < -0.39 is 17.7 Å². The summed E-state index contributed by atoms with van der Waals surface area (Å²) in [5.41, 5.74) is 3.35. The fourth-order valence-corrected chi connectivity index (χ4v) is 5.15. The third-order valence-electron chi connectivity index (χ3n) is 5.71. The summed E-state index contributed by atoms with van der Waals surface area (Å²) in [5.74, 6) is -1.44. The van der Waals surface area contributed by atoms with Crippen LogP contribution in [0.4, 0.5) is 0 Å². The molecule has 176 valence electrons. The number of aliphatic hydroxyl groups excluding tert-OH is 1. The molecule has 0 saturated heterocycles. The quantitative estimate of drug-likeness (QED) is 0.439. The van der Waals surface area contributed by atoms with Crippen molar-refractivity contribution in [2.45, 2.75) is 39.8 Å². The summed E-state index contributed by atoms with van der Waals surface area (Å²) in [6.45, 7) is 8.14. The van der Waals surface area contributed by atoms with Crippen LogP contribution in [0, 0.1) is 13.8 Å². The van der Waals surface area contributed by atoms with Gasteiger partial charge in [0.1, 0.15) is 5.01 Å². The molecule has 0 saturated carbocycles. The van der Waals surface area contributed by atoms with E-state index in [1.807, 2.05) is 75.4 Å². The van der Waals surface area contributed by atoms with Crippen LogP contribution in [0.2, 0.25) is 0 Å². The number of carbonyl (C=O) groups excluding carboxylic acids is 2. The van der Waals surface area contributed by atoms with Crippen molar-refractivity contribution in [3.63, 3.8) is 0 Å². The van der Waals surface area contributed by atoms with Gasteiger partial charge >= 0.3 is 0 Å². The number of amides is 1. The Morgan fingerprint density at radius 3 is 2.56 bits per heavy atom. The number of ketones is 1. The minimum absolute atomic E-state index is 0.00836. The second-order valence-corrected chi connectivity index (χ2v) is 9.62. The van der Waals surface area contributed by atoms with Crippen LogP contribution in [-0.4, -0.2) is 45.9 Å². The molecule has 0 bridgehead atoms. The topological polar surface area (TPSA) is 79.7 Å². The monoisotopic (exact) mass is 476 g/mol. The first-order chi connectivity index (χ1) is 16.3. The molecule has 1 amide bonds. The minimum atomic E-state index is -0.697. The summed E-state index contributed by atoms with van der Waals surface area (Å²) in [6, 6.07) is 16.6. The summed E-state index contributed by atoms with van der Waals surface area (Å²) in [6.07, 6.45) is 0.00836. The van der Waals surface area contributed by atoms with Gasteiger partial charge in [0.2, 0.25) is 5.78 Å². The third kappa shape index (κ3) is 4.67. The van der Waals surface area contributed by atoms with E-state index in [-0.39, 0.29) is 24.0 Å². The molecular weight excluding hydrogens is 448 g/mol. The summed E-state index contributed by atoms with van der Waals surface area (Å²) >= 11 is 1.27. The molecule has 1 atom stereocenters. The molecule has 1 aliphatic rings. The first kappa shape index (κ1) is 23.9. The molecule has 3 aromatic rings. The molecule has 0 radical (unpaired) electrons. The Morgan fingerprint density at radius 1 is 1.15 bits per heavy atom. The molecule has 1 N–H and O–H groups in total. The van der Waals surface area contributed by atoms with Gasteiger partial charge in [-0.3, -0.25) is 9.59 Å². The number of thiazole rings is 1. The average Bonchev–Trinajstić information content (AvgIpc) is 3.32. The molecule has 7 heteroatoms. The van der Waals surface area contributed by atoms with Gasteiger partial charge in [0.25, 0.3) is 5.91 Å². The van der Waals surface area contributed by atoms with Gasteiger partial charge in [-0.2, -0.15) is 0 Å². The number of aryl methyl sites for hydroxylation is 2. The van der Waals surface area contributed by atoms with Gasteiger partial charge in [-0.25, -0.2) is 4.98 Å². The lowest BCUT2D eigenvalue weighted by Gasteiger charge is -2.27. The fourth-order valence-electron chi connectivity index (χ4n) is 4.12. The highest BCUT2D eigenvalue weighted by atomic mass is 32.1. The lowest BCUT2D eigenvalue weighted by Crippen LogP contribution is -2.34. The van der Waals surface area contributed by atoms with Gasteiger partial charge in [-0.15, -0.1) is 11.3 Å². The smallest absolute Gasteiger partial charge is 0.290 e. The van der Waals surface area contributed by atoms with E-state index in [9.17, 15) is 14.7 Å². The largest absolute Gasteiger partial charge is 0.503 e. The minimum Gasteiger partial charge on any atom is -0.503 e. The van der Waals surface area contributed by atoms with Crippen molar-refractivity contribution in [3.05, 3.63) is 87.6 Å². The van der Waals surface area contributed by atoms with Crippen molar-refractivity contribution in [2.75, 3.05) is 13.2 Å². The Hall–Kier alpha value is -3.29. The first-order valence-corrected chi connectivity index (χ1v) is 12.1. The number of nitrogens with zero attached hydrogens (tertiary/aromatic N) is 2. The van der Waals surface area contributed by atoms with Crippen LogP contribution in [-0.2, 0) is 9.53 Å². The normalized spacial score (nSPS) is 16.1. The molecule has 2 heterocycles. The van der Waals surface area contributed by atoms with Gasteiger partial charge in [0.15, 0.2) is 5.76 Å². The molecule has 1 aliphatic heterocycles. The highest BCUT2D eigenvalue weighted by molar-refractivity contribution is 7.17. The average molecular weight is 477 g/mol. The van der Waals surface area contributed by atoms with E-state index in [1.165, 1.54) is 16.2 Å². The number of aliphatic hydroxyl groups is 1. The Bertz CT molecular complexity index is 1250. The second-order valence-electron chi connectivity index (χ2n) is 8.63. The van der Waals surface area contributed by atoms with Crippen LogP contribution in [0.1, 0.15) is 46.4 Å². The molecule has 0 spiro atoms. The van der Waals surface area contributed by atoms with Crippen LogP contribution in [0.5, 0.6) is 0 Å². The van der Waals surface area contributed by atoms with Crippen LogP contribution < -0.4 is 0 Å². The lowest BCUT2D eigenvalue weighted by molar-refractivity contribution is -0.130. The van der Waals surface area contributed by atoms with Gasteiger partial charge in [-0.05, 0) is 33.3 Å². The highest BCUT2D eigenvalue weighted by Gasteiger charge is 2.44. The Balaban J connectivity index is 1.74. The van der Waals surface area contributed by atoms with Crippen LogP contribution in [0.3, 0.4) is 0 Å². The zero-order valence-electron chi connectivity index (χ0n) is 19.7. The Labute approximate surface area is 203 Å². The number of benzene rings is 2. The summed E-state index contributed by atoms with van der Waals surface area (Å²) in [7, 11) is 0. The second kappa shape index (κ2) is 9.91. The van der Waals surface area contributed by atoms with E-state index >= 15 is 0 Å². The van der Waals surface area contributed by atoms with Gasteiger partial charge in [0, 0.05) is 12.1 Å². The van der Waals surface area contributed by atoms with E-state index in [2.05, 4.69) is 4.98 Å². The van der Waals surface area contributed by atoms with Crippen molar-refractivity contribution in [2.24, 2.45) is 0 Å². The molecule has 1 aromatic heterocycles. The van der Waals surface area contributed by atoms with Crippen molar-refractivity contribution in [1.82, 2.24) is 9.88 Å². The predicted molar refractivity (Wildman–Crippen MR) is 133 cm³/mol. The third-order valence-corrected chi connectivity index (χ3v) is 6.92. The van der Waals surface area contributed by atoms with E-state index in [1.54, 1.807) is 6.92 Å². The highest BCUT2D eigenvalue weighted by Crippen LogP contribution is 2.41. The summed E-state index contributed by atoms with van der Waals surface area (Å²) in [5, 5.41) is 11.6. The van der Waals surface area contributed by atoms with E-state index in [4.69, 9.17) is 4.74 Å². The maximum absolute atomic E-state index is 13.8. The number of ether oxygens (including phenoxy) is 1. The maximum Gasteiger partial charge on any atom is 0.290 e. The molecular formula is C27H28N2O4S. The molecule has 2 aromatic carbocycles. The molecule has 0 aliphatic carbocycles. The van der Waals surface area contributed by atoms with Crippen molar-refractivity contribution in [1.29, 1.82) is 0 Å². The molecule has 34 heavy (non-hydrogen) atoms. The Morgan fingerprint density at radius 2 is 1.88 bits per heavy atom. The number of rotatable bonds is 8. The zero-order chi connectivity index (χ0) is 24.4. The molecule has 0 fully saturated rings. The molecule has 6 nitrogen and oxygen atoms in total. The van der Waals surface area contributed by atoms with E-state index in [0.717, 1.165) is 21.7 Å². The standard InChI is InChI=1S/C27H28N2O4S/c1-16(2)33-14-13-29-22(20-12-8-9-17(3)15-20)21(24(31)27(29)32)23(30)25-18(4)28-26(34-25)19-10-6-5-7-11-19/h5-12,15-16,22,31H,13-14H2,1-4H3. The maximum atomic E-state index is 13.8. The summed E-state index contributed by atoms with van der Waals surface area (Å²) < 4.78 is 5.66. The fraction of sp³-hybridized carbons (Fsp3) is 0.296. The molecule has 4 rings (SSSR count). The SMILES string of the molecule is Cc1cccc(C2C(C(=O)c3sc(-c4ccccc4)nc3C)=C(O)C(=O)N2CCOC(C)C)c1. The number of aromatic nitrogens is 1. The van der Waals surface area contributed by atoms with Crippen LogP contribution in [0.25, 0.3) is 10.6 Å².